The smallest absolute Gasteiger partial charge is 0.231 e. The lowest BCUT2D eigenvalue weighted by Gasteiger charge is -2.18. The van der Waals surface area contributed by atoms with Gasteiger partial charge < -0.3 is 19.8 Å². The molecule has 0 spiro atoms. The number of ether oxygens (including phenoxy) is 2. The highest BCUT2D eigenvalue weighted by Crippen LogP contribution is 2.39. The highest BCUT2D eigenvalue weighted by atomic mass is 16.7. The Morgan fingerprint density at radius 3 is 2.72 bits per heavy atom. The summed E-state index contributed by atoms with van der Waals surface area (Å²) in [6.07, 6.45) is 3.34. The van der Waals surface area contributed by atoms with E-state index in [1.54, 1.807) is 0 Å². The van der Waals surface area contributed by atoms with Gasteiger partial charge in [0, 0.05) is 36.0 Å². The first kappa shape index (κ1) is 20.2. The third kappa shape index (κ3) is 3.94. The topological polar surface area (TPSA) is 63.4 Å². The Morgan fingerprint density at radius 2 is 1.88 bits per heavy atom. The van der Waals surface area contributed by atoms with Crippen molar-refractivity contribution in [2.24, 2.45) is 0 Å². The van der Waals surface area contributed by atoms with Crippen LogP contribution in [-0.2, 0) is 17.8 Å². The third-order valence-electron chi connectivity index (χ3n) is 6.11. The van der Waals surface area contributed by atoms with Crippen LogP contribution in [0.1, 0.15) is 41.5 Å². The van der Waals surface area contributed by atoms with Gasteiger partial charge in [0.2, 0.25) is 12.7 Å². The second kappa shape index (κ2) is 8.79. The summed E-state index contributed by atoms with van der Waals surface area (Å²) in [5.74, 6) is 1.37. The fraction of sp³-hybridized carbons (Fsp3) is 0.222. The summed E-state index contributed by atoms with van der Waals surface area (Å²) in [6, 6.07) is 22.3. The SMILES string of the molecule is CCc1cccc2c(C(CC(=O)NCc3ccccc3)c3ccc4c(c3)OCO4)c[nH]c12. The summed E-state index contributed by atoms with van der Waals surface area (Å²) in [6.45, 7) is 2.90. The van der Waals surface area contributed by atoms with Gasteiger partial charge in [0.1, 0.15) is 0 Å². The average Bonchev–Trinajstić information content (AvgIpc) is 3.48. The second-order valence-corrected chi connectivity index (χ2v) is 8.07. The summed E-state index contributed by atoms with van der Waals surface area (Å²) in [4.78, 5) is 16.5. The molecule has 2 heterocycles. The lowest BCUT2D eigenvalue weighted by atomic mass is 9.87. The molecular weight excluding hydrogens is 400 g/mol. The number of H-pyrrole nitrogens is 1. The Bertz CT molecular complexity index is 1250. The number of aromatic nitrogens is 1. The second-order valence-electron chi connectivity index (χ2n) is 8.07. The molecule has 1 unspecified atom stereocenters. The van der Waals surface area contributed by atoms with Gasteiger partial charge in [-0.25, -0.2) is 0 Å². The number of amides is 1. The van der Waals surface area contributed by atoms with Crippen LogP contribution >= 0.6 is 0 Å². The summed E-state index contributed by atoms with van der Waals surface area (Å²) < 4.78 is 11.1. The number of benzene rings is 3. The largest absolute Gasteiger partial charge is 0.454 e. The fourth-order valence-corrected chi connectivity index (χ4v) is 4.41. The lowest BCUT2D eigenvalue weighted by molar-refractivity contribution is -0.121. The van der Waals surface area contributed by atoms with E-state index in [0.29, 0.717) is 13.0 Å². The molecule has 5 rings (SSSR count). The van der Waals surface area contributed by atoms with E-state index in [1.165, 1.54) is 5.56 Å². The molecule has 1 aliphatic heterocycles. The van der Waals surface area contributed by atoms with Crippen molar-refractivity contribution in [1.82, 2.24) is 10.3 Å². The number of aromatic amines is 1. The average molecular weight is 427 g/mol. The number of carbonyl (C=O) groups is 1. The number of hydrogen-bond acceptors (Lipinski definition) is 3. The minimum atomic E-state index is -0.110. The first-order chi connectivity index (χ1) is 15.7. The molecule has 0 bridgehead atoms. The summed E-state index contributed by atoms with van der Waals surface area (Å²) >= 11 is 0. The fourth-order valence-electron chi connectivity index (χ4n) is 4.41. The van der Waals surface area contributed by atoms with E-state index in [4.69, 9.17) is 9.47 Å². The van der Waals surface area contributed by atoms with Crippen molar-refractivity contribution in [1.29, 1.82) is 0 Å². The Balaban J connectivity index is 1.47. The summed E-state index contributed by atoms with van der Waals surface area (Å²) in [5.41, 5.74) is 5.64. The molecule has 162 valence electrons. The zero-order chi connectivity index (χ0) is 21.9. The van der Waals surface area contributed by atoms with Crippen LogP contribution in [0, 0.1) is 0 Å². The zero-order valence-corrected chi connectivity index (χ0v) is 18.1. The van der Waals surface area contributed by atoms with Crippen molar-refractivity contribution >= 4 is 16.8 Å². The monoisotopic (exact) mass is 426 g/mol. The Hall–Kier alpha value is -3.73. The molecule has 4 aromatic rings. The van der Waals surface area contributed by atoms with E-state index in [9.17, 15) is 4.79 Å². The maximum Gasteiger partial charge on any atom is 0.231 e. The van der Waals surface area contributed by atoms with E-state index in [0.717, 1.165) is 45.5 Å². The van der Waals surface area contributed by atoms with Gasteiger partial charge >= 0.3 is 0 Å². The number of nitrogens with one attached hydrogen (secondary N) is 2. The molecular formula is C27H26N2O3. The van der Waals surface area contributed by atoms with Crippen LogP contribution in [0.2, 0.25) is 0 Å². The van der Waals surface area contributed by atoms with E-state index in [1.807, 2.05) is 54.7 Å². The standard InChI is InChI=1S/C27H26N2O3/c1-2-19-9-6-10-21-23(16-29-27(19)21)22(20-11-12-24-25(13-20)32-17-31-24)14-26(30)28-15-18-7-4-3-5-8-18/h3-13,16,22,29H,2,14-15,17H2,1H3,(H,28,30). The van der Waals surface area contributed by atoms with Crippen molar-refractivity contribution in [3.63, 3.8) is 0 Å². The van der Waals surface area contributed by atoms with Crippen molar-refractivity contribution in [2.45, 2.75) is 32.2 Å². The molecule has 2 N–H and O–H groups in total. The van der Waals surface area contributed by atoms with Gasteiger partial charge in [0.15, 0.2) is 11.5 Å². The normalized spacial score (nSPS) is 13.3. The maximum absolute atomic E-state index is 13.0. The van der Waals surface area contributed by atoms with Crippen LogP contribution in [0.25, 0.3) is 10.9 Å². The van der Waals surface area contributed by atoms with Gasteiger partial charge in [-0.3, -0.25) is 4.79 Å². The highest BCUT2D eigenvalue weighted by molar-refractivity contribution is 5.88. The van der Waals surface area contributed by atoms with Crippen LogP contribution in [0.3, 0.4) is 0 Å². The van der Waals surface area contributed by atoms with E-state index in [2.05, 4.69) is 35.4 Å². The van der Waals surface area contributed by atoms with Crippen molar-refractivity contribution in [3.8, 4) is 11.5 Å². The molecule has 1 amide bonds. The van der Waals surface area contributed by atoms with Crippen LogP contribution < -0.4 is 14.8 Å². The van der Waals surface area contributed by atoms with E-state index < -0.39 is 0 Å². The van der Waals surface area contributed by atoms with Gasteiger partial charge in [-0.1, -0.05) is 61.5 Å². The van der Waals surface area contributed by atoms with Gasteiger partial charge in [-0.05, 0) is 40.8 Å². The van der Waals surface area contributed by atoms with Crippen LogP contribution in [-0.4, -0.2) is 17.7 Å². The van der Waals surface area contributed by atoms with E-state index >= 15 is 0 Å². The molecule has 0 radical (unpaired) electrons. The number of hydrogen-bond donors (Lipinski definition) is 2. The Kier molecular flexibility index (Phi) is 5.55. The molecule has 0 fully saturated rings. The quantitative estimate of drug-likeness (QED) is 0.422. The van der Waals surface area contributed by atoms with E-state index in [-0.39, 0.29) is 18.6 Å². The molecule has 1 aliphatic rings. The van der Waals surface area contributed by atoms with Crippen molar-refractivity contribution in [3.05, 3.63) is 95.2 Å². The predicted molar refractivity (Wildman–Crippen MR) is 125 cm³/mol. The molecule has 0 saturated carbocycles. The first-order valence-electron chi connectivity index (χ1n) is 11.0. The molecule has 1 atom stereocenters. The zero-order valence-electron chi connectivity index (χ0n) is 18.1. The molecule has 3 aromatic carbocycles. The Labute approximate surface area is 187 Å². The minimum absolute atomic E-state index is 0.0116. The van der Waals surface area contributed by atoms with Crippen LogP contribution in [0.5, 0.6) is 11.5 Å². The number of fused-ring (bicyclic) bond motifs is 2. The lowest BCUT2D eigenvalue weighted by Crippen LogP contribution is -2.25. The maximum atomic E-state index is 13.0. The molecule has 32 heavy (non-hydrogen) atoms. The van der Waals surface area contributed by atoms with Gasteiger partial charge in [-0.15, -0.1) is 0 Å². The molecule has 5 nitrogen and oxygen atoms in total. The number of para-hydroxylation sites is 1. The van der Waals surface area contributed by atoms with Crippen LogP contribution in [0.4, 0.5) is 0 Å². The highest BCUT2D eigenvalue weighted by Gasteiger charge is 2.24. The van der Waals surface area contributed by atoms with Gasteiger partial charge in [-0.2, -0.15) is 0 Å². The first-order valence-corrected chi connectivity index (χ1v) is 11.0. The van der Waals surface area contributed by atoms with Crippen molar-refractivity contribution < 1.29 is 14.3 Å². The van der Waals surface area contributed by atoms with Crippen LogP contribution in [0.15, 0.2) is 72.9 Å². The summed E-state index contributed by atoms with van der Waals surface area (Å²) in [7, 11) is 0. The predicted octanol–water partition coefficient (Wildman–Crippen LogP) is 5.30. The molecule has 0 saturated heterocycles. The third-order valence-corrected chi connectivity index (χ3v) is 6.11. The number of carbonyl (C=O) groups excluding carboxylic acids is 1. The Morgan fingerprint density at radius 1 is 1.03 bits per heavy atom. The summed E-state index contributed by atoms with van der Waals surface area (Å²) in [5, 5.41) is 4.23. The minimum Gasteiger partial charge on any atom is -0.454 e. The molecule has 1 aromatic heterocycles. The van der Waals surface area contributed by atoms with Gasteiger partial charge in [0.25, 0.3) is 0 Å². The number of aryl methyl sites for hydroxylation is 1. The van der Waals surface area contributed by atoms with Gasteiger partial charge in [0.05, 0.1) is 0 Å². The molecule has 5 heteroatoms. The van der Waals surface area contributed by atoms with Crippen molar-refractivity contribution in [2.75, 3.05) is 6.79 Å². The molecule has 0 aliphatic carbocycles. The number of rotatable bonds is 7.